The number of hydrogen-bond donors (Lipinski definition) is 0. The van der Waals surface area contributed by atoms with Gasteiger partial charge >= 0.3 is 19.7 Å². The average Bonchev–Trinajstić information content (AvgIpc) is 2.47. The summed E-state index contributed by atoms with van der Waals surface area (Å²) in [5.41, 5.74) is -2.68. The lowest BCUT2D eigenvalue weighted by Crippen LogP contribution is -2.20. The number of esters is 1. The Morgan fingerprint density at radius 2 is 1.71 bits per heavy atom. The third kappa shape index (κ3) is 5.06. The van der Waals surface area contributed by atoms with Crippen LogP contribution in [0.4, 0.5) is 13.2 Å². The van der Waals surface area contributed by atoms with E-state index in [9.17, 15) is 22.5 Å². The first-order chi connectivity index (χ1) is 11.2. The van der Waals surface area contributed by atoms with Gasteiger partial charge in [0.1, 0.15) is 0 Å². The maximum Gasteiger partial charge on any atom is 0.416 e. The third-order valence-corrected chi connectivity index (χ3v) is 5.35. The fourth-order valence-electron chi connectivity index (χ4n) is 2.10. The number of carbonyl (C=O) groups excluding carboxylic acids is 1. The molecule has 0 spiro atoms. The fraction of sp³-hybridized carbons (Fsp3) is 0.533. The number of hydrogen-bond acceptors (Lipinski definition) is 5. The minimum absolute atomic E-state index is 0.0213. The normalized spacial score (nSPS) is 13.6. The molecule has 1 unspecified atom stereocenters. The molecule has 0 amide bonds. The Hall–Kier alpha value is -1.37. The Kier molecular flexibility index (Phi) is 7.45. The summed E-state index contributed by atoms with van der Waals surface area (Å²) in [5, 5.41) is 0. The molecule has 0 bridgehead atoms. The Balaban J connectivity index is 3.43. The molecule has 0 aliphatic carbocycles. The number of carbonyl (C=O) groups is 1. The van der Waals surface area contributed by atoms with Gasteiger partial charge in [0.25, 0.3) is 0 Å². The van der Waals surface area contributed by atoms with Gasteiger partial charge in [-0.1, -0.05) is 18.2 Å². The van der Waals surface area contributed by atoms with Crippen molar-refractivity contribution < 1.29 is 36.3 Å². The molecule has 0 aliphatic rings. The lowest BCUT2D eigenvalue weighted by atomic mass is 10.1. The van der Waals surface area contributed by atoms with Crippen molar-refractivity contribution in [2.75, 3.05) is 19.8 Å². The molecule has 1 rings (SSSR count). The second kappa shape index (κ2) is 8.65. The summed E-state index contributed by atoms with van der Waals surface area (Å²) in [6, 6.07) is 4.01. The van der Waals surface area contributed by atoms with Crippen molar-refractivity contribution in [3.8, 4) is 0 Å². The maximum atomic E-state index is 13.0. The smallest absolute Gasteiger partial charge is 0.416 e. The van der Waals surface area contributed by atoms with Crippen LogP contribution in [-0.2, 0) is 29.3 Å². The van der Waals surface area contributed by atoms with E-state index in [0.717, 1.165) is 18.2 Å². The molecule has 9 heteroatoms. The van der Waals surface area contributed by atoms with Gasteiger partial charge in [0.05, 0.1) is 25.4 Å². The number of benzene rings is 1. The largest absolute Gasteiger partial charge is 0.465 e. The summed E-state index contributed by atoms with van der Waals surface area (Å²) >= 11 is 0. The highest BCUT2D eigenvalue weighted by Crippen LogP contribution is 2.61. The second-order valence-electron chi connectivity index (χ2n) is 4.65. The first-order valence-corrected chi connectivity index (χ1v) is 9.03. The predicted octanol–water partition coefficient (Wildman–Crippen LogP) is 4.58. The van der Waals surface area contributed by atoms with Crippen LogP contribution in [0.15, 0.2) is 24.3 Å². The van der Waals surface area contributed by atoms with Crippen LogP contribution in [0.5, 0.6) is 0 Å². The van der Waals surface area contributed by atoms with Crippen LogP contribution in [0.3, 0.4) is 0 Å². The molecule has 0 fully saturated rings. The molecule has 0 aromatic heterocycles. The molecule has 0 saturated heterocycles. The van der Waals surface area contributed by atoms with Gasteiger partial charge in [-0.25, -0.2) is 0 Å². The van der Waals surface area contributed by atoms with Gasteiger partial charge in [0.2, 0.25) is 0 Å². The molecule has 0 heterocycles. The zero-order chi connectivity index (χ0) is 18.4. The minimum Gasteiger partial charge on any atom is -0.465 e. The van der Waals surface area contributed by atoms with Crippen molar-refractivity contribution in [1.82, 2.24) is 0 Å². The summed E-state index contributed by atoms with van der Waals surface area (Å²) in [7, 11) is -4.05. The van der Waals surface area contributed by atoms with Gasteiger partial charge in [-0.3, -0.25) is 9.36 Å². The third-order valence-electron chi connectivity index (χ3n) is 2.97. The number of alkyl halides is 3. The standard InChI is InChI=1S/C15H20F3O5P/c1-4-21-14(19)13(24(20,22-5-2)23-6-3)11-8-7-9-12(10-11)15(16,17)18/h7-10,13H,4-6H2,1-3H3. The number of halogens is 3. The van der Waals surface area contributed by atoms with Crippen molar-refractivity contribution in [2.24, 2.45) is 0 Å². The van der Waals surface area contributed by atoms with E-state index in [1.54, 1.807) is 13.8 Å². The van der Waals surface area contributed by atoms with Crippen LogP contribution in [0.25, 0.3) is 0 Å². The van der Waals surface area contributed by atoms with E-state index in [1.165, 1.54) is 13.0 Å². The highest BCUT2D eigenvalue weighted by Gasteiger charge is 2.44. The van der Waals surface area contributed by atoms with E-state index >= 15 is 0 Å². The van der Waals surface area contributed by atoms with Gasteiger partial charge in [-0.2, -0.15) is 13.2 Å². The zero-order valence-electron chi connectivity index (χ0n) is 13.6. The van der Waals surface area contributed by atoms with E-state index < -0.39 is 31.0 Å². The monoisotopic (exact) mass is 368 g/mol. The van der Waals surface area contributed by atoms with Gasteiger partial charge in [-0.15, -0.1) is 0 Å². The molecule has 1 atom stereocenters. The highest BCUT2D eigenvalue weighted by atomic mass is 31.2. The van der Waals surface area contributed by atoms with Crippen molar-refractivity contribution >= 4 is 13.6 Å². The topological polar surface area (TPSA) is 61.8 Å². The van der Waals surface area contributed by atoms with Crippen LogP contribution in [0.1, 0.15) is 37.6 Å². The molecule has 0 saturated carbocycles. The molecule has 0 aliphatic heterocycles. The molecule has 1 aromatic carbocycles. The number of rotatable bonds is 8. The van der Waals surface area contributed by atoms with E-state index in [1.807, 2.05) is 0 Å². The Morgan fingerprint density at radius 1 is 1.12 bits per heavy atom. The van der Waals surface area contributed by atoms with Gasteiger partial charge in [0, 0.05) is 0 Å². The summed E-state index contributed by atoms with van der Waals surface area (Å²) < 4.78 is 66.9. The molecular weight excluding hydrogens is 348 g/mol. The van der Waals surface area contributed by atoms with Crippen LogP contribution in [-0.4, -0.2) is 25.8 Å². The molecule has 0 radical (unpaired) electrons. The zero-order valence-corrected chi connectivity index (χ0v) is 14.5. The Labute approximate surface area is 138 Å². The summed E-state index contributed by atoms with van der Waals surface area (Å²) in [4.78, 5) is 12.3. The number of ether oxygens (including phenoxy) is 1. The minimum atomic E-state index is -4.60. The lowest BCUT2D eigenvalue weighted by molar-refractivity contribution is -0.143. The maximum absolute atomic E-state index is 13.0. The quantitative estimate of drug-likeness (QED) is 0.497. The molecule has 0 N–H and O–H groups in total. The van der Waals surface area contributed by atoms with Crippen molar-refractivity contribution in [3.05, 3.63) is 35.4 Å². The Morgan fingerprint density at radius 3 is 2.17 bits per heavy atom. The van der Waals surface area contributed by atoms with Gasteiger partial charge < -0.3 is 13.8 Å². The van der Waals surface area contributed by atoms with Crippen LogP contribution in [0, 0.1) is 0 Å². The SMILES string of the molecule is CCOC(=O)C(c1cccc(C(F)(F)F)c1)P(=O)(OCC)OCC. The van der Waals surface area contributed by atoms with Crippen LogP contribution < -0.4 is 0 Å². The highest BCUT2D eigenvalue weighted by molar-refractivity contribution is 7.55. The van der Waals surface area contributed by atoms with E-state index in [-0.39, 0.29) is 25.4 Å². The summed E-state index contributed by atoms with van der Waals surface area (Å²) in [5.74, 6) is -0.956. The van der Waals surface area contributed by atoms with E-state index in [2.05, 4.69) is 0 Å². The van der Waals surface area contributed by atoms with Gasteiger partial charge in [0.15, 0.2) is 5.66 Å². The average molecular weight is 368 g/mol. The van der Waals surface area contributed by atoms with Gasteiger partial charge in [-0.05, 0) is 32.4 Å². The molecule has 5 nitrogen and oxygen atoms in total. The van der Waals surface area contributed by atoms with Crippen molar-refractivity contribution in [3.63, 3.8) is 0 Å². The predicted molar refractivity (Wildman–Crippen MR) is 81.7 cm³/mol. The molecule has 1 aromatic rings. The molecule has 24 heavy (non-hydrogen) atoms. The van der Waals surface area contributed by atoms with Crippen LogP contribution >= 0.6 is 7.60 Å². The summed E-state index contributed by atoms with van der Waals surface area (Å²) in [6.07, 6.45) is -4.60. The lowest BCUT2D eigenvalue weighted by Gasteiger charge is -2.25. The van der Waals surface area contributed by atoms with Crippen molar-refractivity contribution in [2.45, 2.75) is 32.6 Å². The van der Waals surface area contributed by atoms with Crippen LogP contribution in [0.2, 0.25) is 0 Å². The second-order valence-corrected chi connectivity index (χ2v) is 6.77. The van der Waals surface area contributed by atoms with E-state index in [4.69, 9.17) is 13.8 Å². The molecular formula is C15H20F3O5P. The molecule has 136 valence electrons. The van der Waals surface area contributed by atoms with E-state index in [0.29, 0.717) is 0 Å². The first-order valence-electron chi connectivity index (χ1n) is 7.42. The van der Waals surface area contributed by atoms with Crippen molar-refractivity contribution in [1.29, 1.82) is 0 Å². The Bertz CT molecular complexity index is 593. The first kappa shape index (κ1) is 20.7. The summed E-state index contributed by atoms with van der Waals surface area (Å²) in [6.45, 7) is 4.53. The fourth-order valence-corrected chi connectivity index (χ4v) is 4.05.